The SMILES string of the molecule is COc1ccc([N+](=O)[O-])cc1NC(=O)CCc1c(C)nc2c3ccccc3nn2c1C. The van der Waals surface area contributed by atoms with Crippen molar-refractivity contribution >= 4 is 33.8 Å². The summed E-state index contributed by atoms with van der Waals surface area (Å²) in [5.41, 5.74) is 4.52. The van der Waals surface area contributed by atoms with Crippen LogP contribution in [0, 0.1) is 24.0 Å². The predicted octanol–water partition coefficient (Wildman–Crippen LogP) is 3.99. The molecule has 4 rings (SSSR count). The molecule has 2 heterocycles. The van der Waals surface area contributed by atoms with E-state index in [-0.39, 0.29) is 23.7 Å². The summed E-state index contributed by atoms with van der Waals surface area (Å²) in [6.45, 7) is 3.88. The highest BCUT2D eigenvalue weighted by Crippen LogP contribution is 2.29. The second-order valence-electron chi connectivity index (χ2n) is 7.20. The van der Waals surface area contributed by atoms with Gasteiger partial charge in [-0.2, -0.15) is 5.10 Å². The quantitative estimate of drug-likeness (QED) is 0.374. The number of nitrogens with one attached hydrogen (secondary N) is 1. The Morgan fingerprint density at radius 3 is 2.74 bits per heavy atom. The number of methoxy groups -OCH3 is 1. The van der Waals surface area contributed by atoms with Crippen LogP contribution in [0.3, 0.4) is 0 Å². The van der Waals surface area contributed by atoms with Crippen LogP contribution in [0.1, 0.15) is 23.4 Å². The van der Waals surface area contributed by atoms with Crippen molar-refractivity contribution in [2.24, 2.45) is 0 Å². The van der Waals surface area contributed by atoms with E-state index in [1.165, 1.54) is 25.3 Å². The van der Waals surface area contributed by atoms with Crippen LogP contribution in [0.4, 0.5) is 11.4 Å². The van der Waals surface area contributed by atoms with E-state index in [1.807, 2.05) is 42.6 Å². The van der Waals surface area contributed by atoms with Crippen LogP contribution < -0.4 is 10.1 Å². The first-order chi connectivity index (χ1) is 14.9. The number of hydrogen-bond donors (Lipinski definition) is 1. The van der Waals surface area contributed by atoms with Crippen LogP contribution in [0.25, 0.3) is 16.6 Å². The monoisotopic (exact) mass is 419 g/mol. The number of benzene rings is 2. The maximum absolute atomic E-state index is 12.6. The van der Waals surface area contributed by atoms with E-state index in [1.54, 1.807) is 0 Å². The van der Waals surface area contributed by atoms with Crippen molar-refractivity contribution in [3.05, 3.63) is 69.5 Å². The molecule has 0 aliphatic carbocycles. The summed E-state index contributed by atoms with van der Waals surface area (Å²) in [6, 6.07) is 11.9. The number of amides is 1. The molecule has 0 spiro atoms. The summed E-state index contributed by atoms with van der Waals surface area (Å²) in [7, 11) is 1.44. The first kappa shape index (κ1) is 20.3. The molecule has 0 radical (unpaired) electrons. The first-order valence-electron chi connectivity index (χ1n) is 9.75. The van der Waals surface area contributed by atoms with E-state index in [9.17, 15) is 14.9 Å². The van der Waals surface area contributed by atoms with Crippen LogP contribution >= 0.6 is 0 Å². The molecular weight excluding hydrogens is 398 g/mol. The highest BCUT2D eigenvalue weighted by Gasteiger charge is 2.17. The molecule has 0 atom stereocenters. The van der Waals surface area contributed by atoms with Gasteiger partial charge in [-0.05, 0) is 44.0 Å². The molecule has 2 aromatic carbocycles. The van der Waals surface area contributed by atoms with Gasteiger partial charge in [0, 0.05) is 35.3 Å². The van der Waals surface area contributed by atoms with Crippen LogP contribution in [0.2, 0.25) is 0 Å². The third-order valence-electron chi connectivity index (χ3n) is 5.29. The summed E-state index contributed by atoms with van der Waals surface area (Å²) in [5.74, 6) is 0.0842. The van der Waals surface area contributed by atoms with Crippen LogP contribution in [0.15, 0.2) is 42.5 Å². The Morgan fingerprint density at radius 1 is 1.23 bits per heavy atom. The third-order valence-corrected chi connectivity index (χ3v) is 5.29. The summed E-state index contributed by atoms with van der Waals surface area (Å²) in [6.07, 6.45) is 0.640. The molecule has 0 aliphatic heterocycles. The fourth-order valence-corrected chi connectivity index (χ4v) is 3.70. The number of fused-ring (bicyclic) bond motifs is 3. The number of carbonyl (C=O) groups is 1. The minimum atomic E-state index is -0.517. The Morgan fingerprint density at radius 2 is 2.00 bits per heavy atom. The van der Waals surface area contributed by atoms with Crippen LogP contribution in [0.5, 0.6) is 5.75 Å². The van der Waals surface area contributed by atoms with Gasteiger partial charge in [0.25, 0.3) is 5.69 Å². The van der Waals surface area contributed by atoms with Gasteiger partial charge < -0.3 is 10.1 Å². The van der Waals surface area contributed by atoms with Crippen LogP contribution in [-0.4, -0.2) is 32.5 Å². The fraction of sp³-hybridized carbons (Fsp3) is 0.227. The minimum Gasteiger partial charge on any atom is -0.495 e. The van der Waals surface area contributed by atoms with Crippen molar-refractivity contribution in [3.8, 4) is 5.75 Å². The number of aromatic nitrogens is 3. The van der Waals surface area contributed by atoms with E-state index < -0.39 is 4.92 Å². The van der Waals surface area contributed by atoms with E-state index in [0.717, 1.165) is 33.5 Å². The Bertz CT molecular complexity index is 1330. The van der Waals surface area contributed by atoms with Crippen molar-refractivity contribution in [3.63, 3.8) is 0 Å². The maximum atomic E-state index is 12.6. The number of hydrogen-bond acceptors (Lipinski definition) is 6. The summed E-state index contributed by atoms with van der Waals surface area (Å²) in [5, 5.41) is 19.4. The Balaban J connectivity index is 1.57. The number of rotatable bonds is 6. The molecular formula is C22H21N5O4. The predicted molar refractivity (Wildman–Crippen MR) is 117 cm³/mol. The number of nitro benzene ring substituents is 1. The van der Waals surface area contributed by atoms with Gasteiger partial charge in [-0.1, -0.05) is 12.1 Å². The number of aryl methyl sites for hydroxylation is 2. The first-order valence-corrected chi connectivity index (χ1v) is 9.75. The smallest absolute Gasteiger partial charge is 0.271 e. The van der Waals surface area contributed by atoms with E-state index in [4.69, 9.17) is 9.72 Å². The lowest BCUT2D eigenvalue weighted by Crippen LogP contribution is -2.15. The van der Waals surface area contributed by atoms with E-state index in [0.29, 0.717) is 12.2 Å². The number of nitro groups is 1. The molecule has 0 unspecified atom stereocenters. The standard InChI is InChI=1S/C22H21N5O4/c1-13-16(14(2)26-22(23-13)17-6-4-5-7-18(17)25-26)9-11-21(28)24-19-12-15(27(29)30)8-10-20(19)31-3/h4-8,10,12H,9,11H2,1-3H3,(H,24,28). The zero-order chi connectivity index (χ0) is 22.1. The molecule has 0 saturated carbocycles. The van der Waals surface area contributed by atoms with Gasteiger partial charge in [0.1, 0.15) is 5.75 Å². The van der Waals surface area contributed by atoms with Crippen molar-refractivity contribution in [2.45, 2.75) is 26.7 Å². The van der Waals surface area contributed by atoms with Gasteiger partial charge in [0.2, 0.25) is 5.91 Å². The fourth-order valence-electron chi connectivity index (χ4n) is 3.70. The summed E-state index contributed by atoms with van der Waals surface area (Å²) < 4.78 is 7.01. The third kappa shape index (κ3) is 3.77. The van der Waals surface area contributed by atoms with Crippen molar-refractivity contribution in [1.29, 1.82) is 0 Å². The van der Waals surface area contributed by atoms with E-state index in [2.05, 4.69) is 10.4 Å². The lowest BCUT2D eigenvalue weighted by Gasteiger charge is -2.12. The van der Waals surface area contributed by atoms with Crippen molar-refractivity contribution in [2.75, 3.05) is 12.4 Å². The van der Waals surface area contributed by atoms with Gasteiger partial charge in [-0.3, -0.25) is 14.9 Å². The summed E-state index contributed by atoms with van der Waals surface area (Å²) >= 11 is 0. The molecule has 0 saturated heterocycles. The number of ether oxygens (including phenoxy) is 1. The molecule has 0 fully saturated rings. The number of anilines is 1. The molecule has 158 valence electrons. The zero-order valence-electron chi connectivity index (χ0n) is 17.4. The lowest BCUT2D eigenvalue weighted by atomic mass is 10.1. The van der Waals surface area contributed by atoms with Crippen molar-refractivity contribution in [1.82, 2.24) is 14.6 Å². The van der Waals surface area contributed by atoms with Gasteiger partial charge >= 0.3 is 0 Å². The highest BCUT2D eigenvalue weighted by atomic mass is 16.6. The molecule has 0 bridgehead atoms. The number of non-ortho nitro benzene ring substituents is 1. The topological polar surface area (TPSA) is 112 Å². The Kier molecular flexibility index (Phi) is 5.24. The average Bonchev–Trinajstić information content (AvgIpc) is 3.12. The Hall–Kier alpha value is -4.01. The normalized spacial score (nSPS) is 11.1. The number of nitrogens with zero attached hydrogens (tertiary/aromatic N) is 4. The molecule has 31 heavy (non-hydrogen) atoms. The van der Waals surface area contributed by atoms with Gasteiger partial charge in [0.15, 0.2) is 5.65 Å². The maximum Gasteiger partial charge on any atom is 0.271 e. The molecule has 4 aromatic rings. The molecule has 1 amide bonds. The van der Waals surface area contributed by atoms with E-state index >= 15 is 0 Å². The number of carbonyl (C=O) groups excluding carboxylic acids is 1. The largest absolute Gasteiger partial charge is 0.495 e. The van der Waals surface area contributed by atoms with Gasteiger partial charge in [0.05, 0.1) is 23.2 Å². The second-order valence-corrected chi connectivity index (χ2v) is 7.20. The highest BCUT2D eigenvalue weighted by molar-refractivity contribution is 5.93. The molecule has 0 aliphatic rings. The molecule has 9 heteroatoms. The molecule has 2 aromatic heterocycles. The van der Waals surface area contributed by atoms with Gasteiger partial charge in [-0.15, -0.1) is 0 Å². The molecule has 9 nitrogen and oxygen atoms in total. The van der Waals surface area contributed by atoms with Crippen LogP contribution in [-0.2, 0) is 11.2 Å². The summed E-state index contributed by atoms with van der Waals surface area (Å²) in [4.78, 5) is 27.8. The lowest BCUT2D eigenvalue weighted by molar-refractivity contribution is -0.384. The molecule has 1 N–H and O–H groups in total. The zero-order valence-corrected chi connectivity index (χ0v) is 17.4. The van der Waals surface area contributed by atoms with Crippen molar-refractivity contribution < 1.29 is 14.5 Å². The Labute approximate surface area is 177 Å². The average molecular weight is 419 g/mol. The second kappa shape index (κ2) is 8.02. The van der Waals surface area contributed by atoms with Gasteiger partial charge in [-0.25, -0.2) is 9.50 Å². The minimum absolute atomic E-state index is 0.122.